The van der Waals surface area contributed by atoms with Crippen molar-refractivity contribution in [2.75, 3.05) is 37.7 Å². The Morgan fingerprint density at radius 1 is 1.06 bits per heavy atom. The molecule has 0 aromatic carbocycles. The normalized spacial score (nSPS) is 7.50. The van der Waals surface area contributed by atoms with Crippen LogP contribution in [0.3, 0.4) is 0 Å². The summed E-state index contributed by atoms with van der Waals surface area (Å²) in [5, 5.41) is 3.51. The number of carbonyl (C=O) groups is 1. The number of nitrogens with two attached hydrogens (primary N) is 1. The first kappa shape index (κ1) is 27.0. The number of rotatable bonds is 5. The van der Waals surface area contributed by atoms with Crippen LogP contribution in [0.2, 0.25) is 0 Å². The molecule has 0 amide bonds. The van der Waals surface area contributed by atoms with E-state index >= 15 is 0 Å². The molecule has 0 spiro atoms. The van der Waals surface area contributed by atoms with Gasteiger partial charge in [0.25, 0.3) is 0 Å². The molecular formula is C8H17Cl5N2O3. The van der Waals surface area contributed by atoms with E-state index in [1.54, 1.807) is 0 Å². The maximum Gasteiger partial charge on any atom is 0.162 e. The Labute approximate surface area is 133 Å². The van der Waals surface area contributed by atoms with Gasteiger partial charge in [0.1, 0.15) is 7.11 Å². The number of hydrogen-bond donors (Lipinski definition) is 1. The first-order valence-electron chi connectivity index (χ1n) is 4.15. The highest BCUT2D eigenvalue weighted by Crippen LogP contribution is 1.87. The number of nitrogens with zero attached hydrogens (tertiary/aromatic N) is 1. The second-order valence-electron chi connectivity index (χ2n) is 2.15. The van der Waals surface area contributed by atoms with E-state index in [1.807, 2.05) is 0 Å². The summed E-state index contributed by atoms with van der Waals surface area (Å²) >= 11 is 20.7. The highest BCUT2D eigenvalue weighted by Gasteiger charge is 1.92. The van der Waals surface area contributed by atoms with Crippen molar-refractivity contribution in [2.45, 2.75) is 0 Å². The van der Waals surface area contributed by atoms with Gasteiger partial charge in [-0.05, 0) is 0 Å². The number of alkyl halides is 4. The van der Waals surface area contributed by atoms with E-state index in [-0.39, 0.29) is 30.0 Å². The SMILES string of the molecule is CON.CON=C(CCl)CCl.Cl.O=C(CCl)CCl. The smallest absolute Gasteiger partial charge is 0.162 e. The molecule has 0 heterocycles. The van der Waals surface area contributed by atoms with Crippen LogP contribution in [0.15, 0.2) is 5.16 Å². The third-order valence-electron chi connectivity index (χ3n) is 0.827. The van der Waals surface area contributed by atoms with E-state index in [0.29, 0.717) is 17.5 Å². The van der Waals surface area contributed by atoms with E-state index in [0.717, 1.165) is 0 Å². The Hall–Kier alpha value is 0.510. The van der Waals surface area contributed by atoms with Gasteiger partial charge in [-0.1, -0.05) is 5.16 Å². The Bertz CT molecular complexity index is 184. The minimum Gasteiger partial charge on any atom is -0.399 e. The fourth-order valence-corrected chi connectivity index (χ4v) is 0.918. The molecule has 0 saturated carbocycles. The van der Waals surface area contributed by atoms with Crippen molar-refractivity contribution >= 4 is 70.3 Å². The van der Waals surface area contributed by atoms with E-state index in [9.17, 15) is 4.79 Å². The van der Waals surface area contributed by atoms with Gasteiger partial charge in [0.2, 0.25) is 0 Å². The molecular weight excluding hydrogens is 349 g/mol. The number of carbonyl (C=O) groups excluding carboxylic acids is 1. The summed E-state index contributed by atoms with van der Waals surface area (Å²) in [6, 6.07) is 0. The van der Waals surface area contributed by atoms with Gasteiger partial charge in [-0.2, -0.15) is 0 Å². The van der Waals surface area contributed by atoms with Gasteiger partial charge in [0, 0.05) is 0 Å². The van der Waals surface area contributed by atoms with E-state index in [1.165, 1.54) is 14.2 Å². The van der Waals surface area contributed by atoms with E-state index < -0.39 is 0 Å². The number of oxime groups is 1. The quantitative estimate of drug-likeness (QED) is 0.461. The largest absolute Gasteiger partial charge is 0.399 e. The summed E-state index contributed by atoms with van der Waals surface area (Å²) in [5.41, 5.74) is 0.649. The summed E-state index contributed by atoms with van der Waals surface area (Å²) < 4.78 is 0. The summed E-state index contributed by atoms with van der Waals surface area (Å²) in [6.07, 6.45) is 0. The molecule has 0 saturated heterocycles. The molecule has 0 unspecified atom stereocenters. The lowest BCUT2D eigenvalue weighted by molar-refractivity contribution is -0.114. The van der Waals surface area contributed by atoms with Crippen LogP contribution < -0.4 is 5.90 Å². The van der Waals surface area contributed by atoms with Gasteiger partial charge in [-0.25, -0.2) is 5.90 Å². The van der Waals surface area contributed by atoms with Crippen LogP contribution in [-0.4, -0.2) is 49.2 Å². The summed E-state index contributed by atoms with van der Waals surface area (Å²) in [5.74, 6) is 4.94. The summed E-state index contributed by atoms with van der Waals surface area (Å²) in [4.78, 5) is 18.1. The molecule has 0 aliphatic heterocycles. The number of halogens is 5. The molecule has 0 aromatic rings. The van der Waals surface area contributed by atoms with Gasteiger partial charge >= 0.3 is 0 Å². The molecule has 0 atom stereocenters. The highest BCUT2D eigenvalue weighted by atomic mass is 35.5. The second kappa shape index (κ2) is 26.1. The van der Waals surface area contributed by atoms with Crippen molar-refractivity contribution in [3.05, 3.63) is 0 Å². The predicted molar refractivity (Wildman–Crippen MR) is 80.8 cm³/mol. The third kappa shape index (κ3) is 30.0. The Morgan fingerprint density at radius 3 is 1.44 bits per heavy atom. The molecule has 0 fully saturated rings. The van der Waals surface area contributed by atoms with Crippen molar-refractivity contribution in [1.29, 1.82) is 0 Å². The maximum absolute atomic E-state index is 9.92. The average Bonchev–Trinajstić information content (AvgIpc) is 2.36. The van der Waals surface area contributed by atoms with Crippen LogP contribution in [0, 0.1) is 0 Å². The molecule has 0 bridgehead atoms. The van der Waals surface area contributed by atoms with E-state index in [2.05, 4.69) is 20.7 Å². The van der Waals surface area contributed by atoms with Gasteiger partial charge in [-0.15, -0.1) is 58.8 Å². The van der Waals surface area contributed by atoms with Crippen molar-refractivity contribution < 1.29 is 14.5 Å². The molecule has 18 heavy (non-hydrogen) atoms. The molecule has 2 N–H and O–H groups in total. The summed E-state index contributed by atoms with van der Waals surface area (Å²) in [6.45, 7) is 0. The highest BCUT2D eigenvalue weighted by molar-refractivity contribution is 6.37. The molecule has 0 aliphatic rings. The zero-order chi connectivity index (χ0) is 14.1. The Balaban J connectivity index is -0.0000000875. The van der Waals surface area contributed by atoms with Gasteiger partial charge in [0.15, 0.2) is 5.78 Å². The lowest BCUT2D eigenvalue weighted by atomic mass is 10.5. The maximum atomic E-state index is 9.92. The number of Topliss-reactive ketones (excluding diaryl/α,β-unsaturated/α-hetero) is 1. The average molecular weight is 367 g/mol. The van der Waals surface area contributed by atoms with Crippen LogP contribution in [-0.2, 0) is 14.5 Å². The van der Waals surface area contributed by atoms with E-state index in [4.69, 9.17) is 46.4 Å². The third-order valence-corrected chi connectivity index (χ3v) is 2.04. The molecule has 10 heteroatoms. The zero-order valence-electron chi connectivity index (χ0n) is 10.00. The van der Waals surface area contributed by atoms with Crippen LogP contribution >= 0.6 is 58.8 Å². The van der Waals surface area contributed by atoms with Crippen LogP contribution in [0.1, 0.15) is 0 Å². The first-order chi connectivity index (χ1) is 8.07. The second-order valence-corrected chi connectivity index (χ2v) is 3.22. The van der Waals surface area contributed by atoms with Crippen molar-refractivity contribution in [3.8, 4) is 0 Å². The first-order valence-corrected chi connectivity index (χ1v) is 6.28. The van der Waals surface area contributed by atoms with Gasteiger partial charge in [0.05, 0.1) is 36.3 Å². The lowest BCUT2D eigenvalue weighted by Crippen LogP contribution is -2.01. The molecule has 112 valence electrons. The number of ketones is 1. The Morgan fingerprint density at radius 2 is 1.39 bits per heavy atom. The molecule has 0 aromatic heterocycles. The van der Waals surface area contributed by atoms with Crippen molar-refractivity contribution in [2.24, 2.45) is 11.1 Å². The predicted octanol–water partition coefficient (Wildman–Crippen LogP) is 2.43. The molecule has 0 rings (SSSR count). The minimum absolute atomic E-state index is 0. The van der Waals surface area contributed by atoms with Crippen molar-refractivity contribution in [1.82, 2.24) is 0 Å². The topological polar surface area (TPSA) is 73.9 Å². The standard InChI is InChI=1S/C4H7Cl2NO.C3H4Cl2O.CH5NO.ClH/c1-8-7-4(2-5)3-6;4-1-3(6)2-5;1-3-2;/h2-3H2,1H3;1-2H2;2H2,1H3;1H. The number of hydrogen-bond acceptors (Lipinski definition) is 5. The van der Waals surface area contributed by atoms with Crippen molar-refractivity contribution in [3.63, 3.8) is 0 Å². The molecule has 0 radical (unpaired) electrons. The zero-order valence-corrected chi connectivity index (χ0v) is 13.8. The fourth-order valence-electron chi connectivity index (χ4n) is 0.249. The summed E-state index contributed by atoms with van der Waals surface area (Å²) in [7, 11) is 2.86. The van der Waals surface area contributed by atoms with Crippen LogP contribution in [0.25, 0.3) is 0 Å². The fraction of sp³-hybridized carbons (Fsp3) is 0.750. The monoisotopic (exact) mass is 364 g/mol. The van der Waals surface area contributed by atoms with Gasteiger partial charge < -0.3 is 9.68 Å². The lowest BCUT2D eigenvalue weighted by Gasteiger charge is -1.91. The minimum atomic E-state index is -0.127. The van der Waals surface area contributed by atoms with Crippen LogP contribution in [0.5, 0.6) is 0 Å². The molecule has 5 nitrogen and oxygen atoms in total. The van der Waals surface area contributed by atoms with Gasteiger partial charge in [-0.3, -0.25) is 4.79 Å². The molecule has 0 aliphatic carbocycles. The van der Waals surface area contributed by atoms with Crippen LogP contribution in [0.4, 0.5) is 0 Å². The Kier molecular flexibility index (Phi) is 39.2.